The van der Waals surface area contributed by atoms with Gasteiger partial charge in [0.05, 0.1) is 6.61 Å². The van der Waals surface area contributed by atoms with E-state index in [0.29, 0.717) is 0 Å². The number of likely N-dealkylation sites (N-methyl/N-ethyl adjacent to an activating group) is 1. The Morgan fingerprint density at radius 1 is 1.82 bits per heavy atom. The molecule has 3 N–H and O–H groups in total. The third-order valence-corrected chi connectivity index (χ3v) is 1.60. The molecule has 0 aromatic heterocycles. The van der Waals surface area contributed by atoms with Gasteiger partial charge in [0.2, 0.25) is 6.29 Å². The van der Waals surface area contributed by atoms with Gasteiger partial charge in [-0.15, -0.1) is 0 Å². The molecule has 0 saturated carbocycles. The van der Waals surface area contributed by atoms with E-state index < -0.39 is 18.2 Å². The van der Waals surface area contributed by atoms with E-state index in [1.807, 2.05) is 0 Å². The third kappa shape index (κ3) is 1.91. The lowest BCUT2D eigenvalue weighted by Gasteiger charge is -2.29. The molecule has 0 bridgehead atoms. The van der Waals surface area contributed by atoms with Crippen molar-refractivity contribution in [1.29, 1.82) is 0 Å². The number of carbonyl (C=O) groups is 1. The quantitative estimate of drug-likeness (QED) is 0.545. The molecule has 0 aliphatic heterocycles. The average Bonchev–Trinajstić information content (AvgIpc) is 2.01. The molecule has 0 fully saturated rings. The SMILES string of the molecule is CN(C(N)=O)C(C)([C]=O)CO. The van der Waals surface area contributed by atoms with Gasteiger partial charge in [-0.3, -0.25) is 4.79 Å². The van der Waals surface area contributed by atoms with Gasteiger partial charge in [-0.25, -0.2) is 4.79 Å². The van der Waals surface area contributed by atoms with Gasteiger partial charge in [0, 0.05) is 7.05 Å². The van der Waals surface area contributed by atoms with Crippen LogP contribution >= 0.6 is 0 Å². The number of nitrogens with zero attached hydrogens (tertiary/aromatic N) is 1. The van der Waals surface area contributed by atoms with E-state index in [2.05, 4.69) is 0 Å². The van der Waals surface area contributed by atoms with Crippen LogP contribution in [0.4, 0.5) is 4.79 Å². The summed E-state index contributed by atoms with van der Waals surface area (Å²) in [7, 11) is 1.32. The molecular weight excluding hydrogens is 148 g/mol. The molecule has 0 spiro atoms. The van der Waals surface area contributed by atoms with E-state index >= 15 is 0 Å². The van der Waals surface area contributed by atoms with Gasteiger partial charge in [-0.1, -0.05) is 0 Å². The number of carbonyl (C=O) groups excluding carboxylic acids is 2. The second-order valence-electron chi connectivity index (χ2n) is 2.43. The topological polar surface area (TPSA) is 83.6 Å². The fraction of sp³-hybridized carbons (Fsp3) is 0.667. The number of nitrogens with two attached hydrogens (primary N) is 1. The van der Waals surface area contributed by atoms with E-state index in [0.717, 1.165) is 4.90 Å². The lowest BCUT2D eigenvalue weighted by Crippen LogP contribution is -2.53. The lowest BCUT2D eigenvalue weighted by molar-refractivity contribution is 0.131. The summed E-state index contributed by atoms with van der Waals surface area (Å²) in [5.74, 6) is 0. The zero-order chi connectivity index (χ0) is 9.07. The van der Waals surface area contributed by atoms with Crippen molar-refractivity contribution in [1.82, 2.24) is 4.90 Å². The molecule has 0 aliphatic rings. The van der Waals surface area contributed by atoms with E-state index in [9.17, 15) is 9.59 Å². The molecule has 63 valence electrons. The predicted octanol–water partition coefficient (Wildman–Crippen LogP) is -1.14. The number of aliphatic hydroxyl groups excluding tert-OH is 1. The molecular formula is C6H11N2O3. The minimum absolute atomic E-state index is 0.490. The van der Waals surface area contributed by atoms with Crippen LogP contribution in [0.3, 0.4) is 0 Å². The molecule has 1 unspecified atom stereocenters. The molecule has 1 radical (unpaired) electrons. The Balaban J connectivity index is 4.49. The van der Waals surface area contributed by atoms with Gasteiger partial charge >= 0.3 is 6.03 Å². The van der Waals surface area contributed by atoms with Crippen LogP contribution in [0.5, 0.6) is 0 Å². The van der Waals surface area contributed by atoms with E-state index in [-0.39, 0.29) is 0 Å². The first-order chi connectivity index (χ1) is 4.98. The van der Waals surface area contributed by atoms with E-state index in [4.69, 9.17) is 10.8 Å². The Kier molecular flexibility index (Phi) is 3.00. The number of rotatable bonds is 3. The van der Waals surface area contributed by atoms with Crippen LogP contribution in [0, 0.1) is 0 Å². The third-order valence-electron chi connectivity index (χ3n) is 1.60. The second kappa shape index (κ2) is 3.34. The van der Waals surface area contributed by atoms with Crippen molar-refractivity contribution < 1.29 is 14.7 Å². The molecule has 0 rings (SSSR count). The fourth-order valence-electron chi connectivity index (χ4n) is 0.450. The largest absolute Gasteiger partial charge is 0.393 e. The number of primary amides is 1. The summed E-state index contributed by atoms with van der Waals surface area (Å²) in [5, 5.41) is 8.69. The maximum atomic E-state index is 10.5. The number of aliphatic hydroxyl groups is 1. The first kappa shape index (κ1) is 9.90. The zero-order valence-electron chi connectivity index (χ0n) is 6.50. The van der Waals surface area contributed by atoms with Gasteiger partial charge < -0.3 is 15.7 Å². The van der Waals surface area contributed by atoms with Gasteiger partial charge in [-0.2, -0.15) is 0 Å². The number of urea groups is 1. The van der Waals surface area contributed by atoms with Crippen LogP contribution in [0.1, 0.15) is 6.92 Å². The Labute approximate surface area is 64.8 Å². The predicted molar refractivity (Wildman–Crippen MR) is 38.5 cm³/mol. The molecule has 0 aromatic rings. The summed E-state index contributed by atoms with van der Waals surface area (Å²) in [6.45, 7) is 0.876. The van der Waals surface area contributed by atoms with E-state index in [1.54, 1.807) is 0 Å². The van der Waals surface area contributed by atoms with Crippen molar-refractivity contribution in [2.45, 2.75) is 12.5 Å². The van der Waals surface area contributed by atoms with Gasteiger partial charge in [0.1, 0.15) is 5.54 Å². The minimum Gasteiger partial charge on any atom is -0.393 e. The maximum absolute atomic E-state index is 10.5. The highest BCUT2D eigenvalue weighted by Crippen LogP contribution is 2.07. The normalized spacial score (nSPS) is 15.2. The fourth-order valence-corrected chi connectivity index (χ4v) is 0.450. The summed E-state index contributed by atoms with van der Waals surface area (Å²) in [4.78, 5) is 21.7. The molecule has 5 heteroatoms. The Morgan fingerprint density at radius 2 is 2.27 bits per heavy atom. The van der Waals surface area contributed by atoms with Gasteiger partial charge in [0.15, 0.2) is 0 Å². The molecule has 2 amide bonds. The van der Waals surface area contributed by atoms with E-state index in [1.165, 1.54) is 20.3 Å². The molecule has 0 heterocycles. The lowest BCUT2D eigenvalue weighted by atomic mass is 10.1. The molecule has 0 saturated heterocycles. The van der Waals surface area contributed by atoms with Crippen LogP contribution in [-0.4, -0.2) is 41.5 Å². The standard InChI is InChI=1S/C6H11N2O3/c1-6(3-9,4-10)8(2)5(7)11/h9H,3H2,1-2H3,(H2,7,11). The molecule has 0 aromatic carbocycles. The Morgan fingerprint density at radius 3 is 2.36 bits per heavy atom. The highest BCUT2D eigenvalue weighted by atomic mass is 16.3. The molecule has 11 heavy (non-hydrogen) atoms. The smallest absolute Gasteiger partial charge is 0.315 e. The summed E-state index contributed by atoms with van der Waals surface area (Å²) < 4.78 is 0. The Bertz CT molecular complexity index is 171. The second-order valence-corrected chi connectivity index (χ2v) is 2.43. The van der Waals surface area contributed by atoms with Gasteiger partial charge in [-0.05, 0) is 6.92 Å². The highest BCUT2D eigenvalue weighted by molar-refractivity contribution is 5.78. The van der Waals surface area contributed by atoms with Crippen molar-refractivity contribution >= 4 is 12.3 Å². The van der Waals surface area contributed by atoms with Crippen molar-refractivity contribution in [3.05, 3.63) is 0 Å². The monoisotopic (exact) mass is 159 g/mol. The number of amides is 2. The minimum atomic E-state index is -1.33. The zero-order valence-corrected chi connectivity index (χ0v) is 6.50. The highest BCUT2D eigenvalue weighted by Gasteiger charge is 2.31. The first-order valence-electron chi connectivity index (χ1n) is 3.01. The van der Waals surface area contributed by atoms with Crippen LogP contribution in [0.25, 0.3) is 0 Å². The Hall–Kier alpha value is -1.10. The number of hydrogen-bond donors (Lipinski definition) is 2. The molecule has 5 nitrogen and oxygen atoms in total. The maximum Gasteiger partial charge on any atom is 0.315 e. The van der Waals surface area contributed by atoms with Crippen LogP contribution < -0.4 is 5.73 Å². The summed E-state index contributed by atoms with van der Waals surface area (Å²) in [5.41, 5.74) is 3.54. The van der Waals surface area contributed by atoms with Gasteiger partial charge in [0.25, 0.3) is 0 Å². The van der Waals surface area contributed by atoms with Crippen LogP contribution in [0.15, 0.2) is 0 Å². The number of hydrogen-bond acceptors (Lipinski definition) is 3. The van der Waals surface area contributed by atoms with Crippen LogP contribution in [-0.2, 0) is 4.79 Å². The molecule has 1 atom stereocenters. The summed E-state index contributed by atoms with van der Waals surface area (Å²) in [6.07, 6.45) is 1.53. The van der Waals surface area contributed by atoms with Crippen LogP contribution in [0.2, 0.25) is 0 Å². The molecule has 0 aliphatic carbocycles. The van der Waals surface area contributed by atoms with Crippen molar-refractivity contribution in [2.75, 3.05) is 13.7 Å². The van der Waals surface area contributed by atoms with Crippen molar-refractivity contribution in [3.63, 3.8) is 0 Å². The summed E-state index contributed by atoms with van der Waals surface area (Å²) >= 11 is 0. The van der Waals surface area contributed by atoms with Crippen molar-refractivity contribution in [2.24, 2.45) is 5.73 Å². The first-order valence-corrected chi connectivity index (χ1v) is 3.01. The van der Waals surface area contributed by atoms with Crippen molar-refractivity contribution in [3.8, 4) is 0 Å². The summed E-state index contributed by atoms with van der Waals surface area (Å²) in [6, 6.07) is -0.773. The average molecular weight is 159 g/mol.